The van der Waals surface area contributed by atoms with Gasteiger partial charge in [0.05, 0.1) is 18.8 Å². The van der Waals surface area contributed by atoms with Crippen molar-refractivity contribution in [1.29, 1.82) is 0 Å². The molecule has 0 amide bonds. The van der Waals surface area contributed by atoms with Gasteiger partial charge in [0.25, 0.3) is 5.56 Å². The van der Waals surface area contributed by atoms with Crippen molar-refractivity contribution >= 4 is 0 Å². The fraction of sp³-hybridized carbons (Fsp3) is 0.375. The molecule has 1 heterocycles. The molecule has 2 aromatic rings. The number of aromatic nitrogens is 2. The first kappa shape index (κ1) is 15.3. The van der Waals surface area contributed by atoms with E-state index in [1.165, 1.54) is 4.68 Å². The van der Waals surface area contributed by atoms with Gasteiger partial charge in [-0.25, -0.2) is 4.68 Å². The summed E-state index contributed by atoms with van der Waals surface area (Å²) >= 11 is 0. The van der Waals surface area contributed by atoms with E-state index in [9.17, 15) is 4.79 Å². The van der Waals surface area contributed by atoms with Crippen molar-refractivity contribution in [2.45, 2.75) is 32.9 Å². The van der Waals surface area contributed by atoms with Crippen LogP contribution >= 0.6 is 0 Å². The average molecular weight is 287 g/mol. The van der Waals surface area contributed by atoms with E-state index in [2.05, 4.69) is 5.10 Å². The second-order valence-corrected chi connectivity index (χ2v) is 5.02. The molecular formula is C16H21N3O2. The lowest BCUT2D eigenvalue weighted by Crippen LogP contribution is -2.31. The molecule has 112 valence electrons. The van der Waals surface area contributed by atoms with Crippen LogP contribution in [-0.4, -0.2) is 16.9 Å². The number of benzene rings is 1. The quantitative estimate of drug-likeness (QED) is 0.913. The SMILES string of the molecule is CCCn1nc(C)cc(C(N)c2ccc(OC)cc2)c1=O. The lowest BCUT2D eigenvalue weighted by molar-refractivity contribution is 0.414. The van der Waals surface area contributed by atoms with E-state index in [1.807, 2.05) is 38.1 Å². The fourth-order valence-electron chi connectivity index (χ4n) is 2.28. The maximum absolute atomic E-state index is 12.4. The Morgan fingerprint density at radius 1 is 1.33 bits per heavy atom. The minimum atomic E-state index is -0.465. The molecule has 1 aromatic carbocycles. The molecule has 0 spiro atoms. The van der Waals surface area contributed by atoms with Crippen LogP contribution in [0.3, 0.4) is 0 Å². The highest BCUT2D eigenvalue weighted by Gasteiger charge is 2.15. The van der Waals surface area contributed by atoms with Gasteiger partial charge >= 0.3 is 0 Å². The third-order valence-electron chi connectivity index (χ3n) is 3.37. The van der Waals surface area contributed by atoms with E-state index >= 15 is 0 Å². The summed E-state index contributed by atoms with van der Waals surface area (Å²) in [6.07, 6.45) is 0.855. The predicted molar refractivity (Wildman–Crippen MR) is 82.5 cm³/mol. The van der Waals surface area contributed by atoms with Crippen LogP contribution in [0, 0.1) is 6.92 Å². The monoisotopic (exact) mass is 287 g/mol. The zero-order chi connectivity index (χ0) is 15.4. The van der Waals surface area contributed by atoms with Crippen molar-refractivity contribution in [2.24, 2.45) is 5.73 Å². The molecule has 0 aliphatic heterocycles. The van der Waals surface area contributed by atoms with Gasteiger partial charge in [-0.05, 0) is 37.1 Å². The van der Waals surface area contributed by atoms with Crippen LogP contribution in [0.5, 0.6) is 5.75 Å². The van der Waals surface area contributed by atoms with Crippen LogP contribution in [0.25, 0.3) is 0 Å². The predicted octanol–water partition coefficient (Wildman–Crippen LogP) is 2.02. The zero-order valence-electron chi connectivity index (χ0n) is 12.7. The van der Waals surface area contributed by atoms with Crippen molar-refractivity contribution in [3.05, 3.63) is 57.5 Å². The van der Waals surface area contributed by atoms with Gasteiger partial charge in [-0.3, -0.25) is 4.79 Å². The summed E-state index contributed by atoms with van der Waals surface area (Å²) in [6.45, 7) is 4.48. The summed E-state index contributed by atoms with van der Waals surface area (Å²) in [5, 5.41) is 4.26. The average Bonchev–Trinajstić information content (AvgIpc) is 2.50. The van der Waals surface area contributed by atoms with E-state index in [0.717, 1.165) is 23.4 Å². The number of nitrogens with zero attached hydrogens (tertiary/aromatic N) is 2. The third-order valence-corrected chi connectivity index (χ3v) is 3.37. The maximum Gasteiger partial charge on any atom is 0.271 e. The topological polar surface area (TPSA) is 70.1 Å². The lowest BCUT2D eigenvalue weighted by atomic mass is 10.0. The van der Waals surface area contributed by atoms with E-state index < -0.39 is 6.04 Å². The molecule has 21 heavy (non-hydrogen) atoms. The third kappa shape index (κ3) is 3.31. The number of ether oxygens (including phenoxy) is 1. The number of aryl methyl sites for hydroxylation is 2. The van der Waals surface area contributed by atoms with Crippen LogP contribution in [-0.2, 0) is 6.54 Å². The summed E-state index contributed by atoms with van der Waals surface area (Å²) in [4.78, 5) is 12.4. The molecule has 2 rings (SSSR count). The van der Waals surface area contributed by atoms with Crippen molar-refractivity contribution in [3.63, 3.8) is 0 Å². The van der Waals surface area contributed by atoms with Crippen LogP contribution in [0.1, 0.15) is 36.2 Å². The zero-order valence-corrected chi connectivity index (χ0v) is 12.7. The van der Waals surface area contributed by atoms with Crippen LogP contribution in [0.15, 0.2) is 35.1 Å². The van der Waals surface area contributed by atoms with Gasteiger partial charge in [-0.1, -0.05) is 19.1 Å². The molecular weight excluding hydrogens is 266 g/mol. The highest BCUT2D eigenvalue weighted by atomic mass is 16.5. The summed E-state index contributed by atoms with van der Waals surface area (Å²) in [5.41, 5.74) is 8.38. The standard InChI is InChI=1S/C16H21N3O2/c1-4-9-19-16(20)14(10-11(2)18-19)15(17)12-5-7-13(21-3)8-6-12/h5-8,10,15H,4,9,17H2,1-3H3. The van der Waals surface area contributed by atoms with Gasteiger partial charge < -0.3 is 10.5 Å². The number of hydrogen-bond donors (Lipinski definition) is 1. The van der Waals surface area contributed by atoms with Gasteiger partial charge in [-0.15, -0.1) is 0 Å². The van der Waals surface area contributed by atoms with Gasteiger partial charge in [0, 0.05) is 12.1 Å². The molecule has 0 saturated carbocycles. The van der Waals surface area contributed by atoms with E-state index in [0.29, 0.717) is 12.1 Å². The van der Waals surface area contributed by atoms with E-state index in [-0.39, 0.29) is 5.56 Å². The summed E-state index contributed by atoms with van der Waals surface area (Å²) in [7, 11) is 1.62. The van der Waals surface area contributed by atoms with Gasteiger partial charge in [-0.2, -0.15) is 5.10 Å². The number of nitrogens with two attached hydrogens (primary N) is 1. The van der Waals surface area contributed by atoms with Crippen LogP contribution in [0.2, 0.25) is 0 Å². The number of methoxy groups -OCH3 is 1. The molecule has 1 atom stereocenters. The Morgan fingerprint density at radius 3 is 2.57 bits per heavy atom. The Balaban J connectivity index is 2.42. The van der Waals surface area contributed by atoms with Crippen molar-refractivity contribution in [1.82, 2.24) is 9.78 Å². The minimum absolute atomic E-state index is 0.120. The second kappa shape index (κ2) is 6.54. The highest BCUT2D eigenvalue weighted by molar-refractivity contribution is 5.34. The first-order valence-corrected chi connectivity index (χ1v) is 7.05. The Hall–Kier alpha value is -2.14. The van der Waals surface area contributed by atoms with Gasteiger partial charge in [0.2, 0.25) is 0 Å². The van der Waals surface area contributed by atoms with Gasteiger partial charge in [0.15, 0.2) is 0 Å². The summed E-state index contributed by atoms with van der Waals surface area (Å²) < 4.78 is 6.63. The number of rotatable bonds is 5. The van der Waals surface area contributed by atoms with Gasteiger partial charge in [0.1, 0.15) is 5.75 Å². The van der Waals surface area contributed by atoms with Crippen molar-refractivity contribution in [3.8, 4) is 5.75 Å². The number of hydrogen-bond acceptors (Lipinski definition) is 4. The lowest BCUT2D eigenvalue weighted by Gasteiger charge is -2.15. The molecule has 5 nitrogen and oxygen atoms in total. The Bertz CT molecular complexity index is 662. The van der Waals surface area contributed by atoms with E-state index in [4.69, 9.17) is 10.5 Å². The first-order valence-electron chi connectivity index (χ1n) is 7.05. The smallest absolute Gasteiger partial charge is 0.271 e. The summed E-state index contributed by atoms with van der Waals surface area (Å²) in [6, 6.07) is 8.74. The largest absolute Gasteiger partial charge is 0.497 e. The Morgan fingerprint density at radius 2 is 2.00 bits per heavy atom. The molecule has 0 fully saturated rings. The Kier molecular flexibility index (Phi) is 4.75. The molecule has 0 aliphatic carbocycles. The molecule has 0 radical (unpaired) electrons. The molecule has 1 unspecified atom stereocenters. The second-order valence-electron chi connectivity index (χ2n) is 5.02. The molecule has 1 aromatic heterocycles. The molecule has 0 bridgehead atoms. The van der Waals surface area contributed by atoms with Crippen LogP contribution < -0.4 is 16.0 Å². The minimum Gasteiger partial charge on any atom is -0.497 e. The highest BCUT2D eigenvalue weighted by Crippen LogP contribution is 2.20. The van der Waals surface area contributed by atoms with Crippen LogP contribution in [0.4, 0.5) is 0 Å². The van der Waals surface area contributed by atoms with E-state index in [1.54, 1.807) is 13.2 Å². The molecule has 5 heteroatoms. The first-order chi connectivity index (χ1) is 10.1. The van der Waals surface area contributed by atoms with Crippen molar-refractivity contribution in [2.75, 3.05) is 7.11 Å². The molecule has 2 N–H and O–H groups in total. The fourth-order valence-corrected chi connectivity index (χ4v) is 2.28. The maximum atomic E-state index is 12.4. The molecule has 0 saturated heterocycles. The Labute approximate surface area is 124 Å². The van der Waals surface area contributed by atoms with Crippen molar-refractivity contribution < 1.29 is 4.74 Å². The molecule has 0 aliphatic rings. The normalized spacial score (nSPS) is 12.2. The summed E-state index contributed by atoms with van der Waals surface area (Å²) in [5.74, 6) is 0.764.